The molecular weight excluding hydrogens is 262 g/mol. The SMILES string of the molecule is Cc1ccc(NC(=O)CC(C)n2cccn2)c(Cl)c1. The number of carbonyl (C=O) groups is 1. The molecule has 1 aromatic heterocycles. The number of hydrogen-bond donors (Lipinski definition) is 1. The van der Waals surface area contributed by atoms with Gasteiger partial charge in [0.25, 0.3) is 0 Å². The molecule has 1 aromatic carbocycles. The number of aromatic nitrogens is 2. The zero-order valence-electron chi connectivity index (χ0n) is 10.9. The molecule has 0 saturated heterocycles. The van der Waals surface area contributed by atoms with E-state index in [0.717, 1.165) is 5.56 Å². The number of rotatable bonds is 4. The molecule has 1 atom stereocenters. The Balaban J connectivity index is 1.98. The molecule has 2 aromatic rings. The zero-order valence-corrected chi connectivity index (χ0v) is 11.7. The molecule has 0 bridgehead atoms. The molecule has 0 spiro atoms. The van der Waals surface area contributed by atoms with Crippen LogP contribution < -0.4 is 5.32 Å². The van der Waals surface area contributed by atoms with Gasteiger partial charge in [-0.1, -0.05) is 17.7 Å². The normalized spacial score (nSPS) is 12.2. The number of carbonyl (C=O) groups excluding carboxylic acids is 1. The average molecular weight is 278 g/mol. The number of nitrogens with zero attached hydrogens (tertiary/aromatic N) is 2. The van der Waals surface area contributed by atoms with Gasteiger partial charge in [0.15, 0.2) is 0 Å². The van der Waals surface area contributed by atoms with Crippen LogP contribution in [0, 0.1) is 6.92 Å². The highest BCUT2D eigenvalue weighted by molar-refractivity contribution is 6.33. The van der Waals surface area contributed by atoms with Crippen LogP contribution in [-0.4, -0.2) is 15.7 Å². The fraction of sp³-hybridized carbons (Fsp3) is 0.286. The fourth-order valence-electron chi connectivity index (χ4n) is 1.83. The number of hydrogen-bond acceptors (Lipinski definition) is 2. The highest BCUT2D eigenvalue weighted by Crippen LogP contribution is 2.23. The van der Waals surface area contributed by atoms with Crippen molar-refractivity contribution in [1.29, 1.82) is 0 Å². The van der Waals surface area contributed by atoms with E-state index >= 15 is 0 Å². The summed E-state index contributed by atoms with van der Waals surface area (Å²) in [5.74, 6) is -0.0752. The highest BCUT2D eigenvalue weighted by Gasteiger charge is 2.12. The lowest BCUT2D eigenvalue weighted by atomic mass is 10.2. The number of aryl methyl sites for hydroxylation is 1. The number of anilines is 1. The second-order valence-electron chi connectivity index (χ2n) is 4.57. The summed E-state index contributed by atoms with van der Waals surface area (Å²) in [6.07, 6.45) is 3.90. The summed E-state index contributed by atoms with van der Waals surface area (Å²) in [7, 11) is 0. The second kappa shape index (κ2) is 5.89. The quantitative estimate of drug-likeness (QED) is 0.931. The van der Waals surface area contributed by atoms with Gasteiger partial charge in [-0.05, 0) is 37.6 Å². The summed E-state index contributed by atoms with van der Waals surface area (Å²) in [5, 5.41) is 7.49. The molecule has 2 rings (SSSR count). The fourth-order valence-corrected chi connectivity index (χ4v) is 2.11. The van der Waals surface area contributed by atoms with E-state index in [4.69, 9.17) is 11.6 Å². The molecule has 100 valence electrons. The van der Waals surface area contributed by atoms with Gasteiger partial charge in [-0.2, -0.15) is 5.10 Å². The Hall–Kier alpha value is -1.81. The van der Waals surface area contributed by atoms with Gasteiger partial charge in [-0.15, -0.1) is 0 Å². The smallest absolute Gasteiger partial charge is 0.226 e. The molecule has 0 fully saturated rings. The van der Waals surface area contributed by atoms with E-state index in [0.29, 0.717) is 17.1 Å². The van der Waals surface area contributed by atoms with Crippen LogP contribution in [0.5, 0.6) is 0 Å². The monoisotopic (exact) mass is 277 g/mol. The minimum Gasteiger partial charge on any atom is -0.325 e. The van der Waals surface area contributed by atoms with Crippen molar-refractivity contribution in [2.75, 3.05) is 5.32 Å². The molecule has 1 amide bonds. The maximum Gasteiger partial charge on any atom is 0.226 e. The van der Waals surface area contributed by atoms with E-state index in [2.05, 4.69) is 10.4 Å². The number of nitrogens with one attached hydrogen (secondary N) is 1. The molecule has 0 aliphatic carbocycles. The topological polar surface area (TPSA) is 46.9 Å². The molecule has 19 heavy (non-hydrogen) atoms. The minimum atomic E-state index is -0.0752. The molecule has 1 N–H and O–H groups in total. The van der Waals surface area contributed by atoms with Crippen molar-refractivity contribution >= 4 is 23.2 Å². The van der Waals surface area contributed by atoms with Gasteiger partial charge >= 0.3 is 0 Å². The van der Waals surface area contributed by atoms with Crippen molar-refractivity contribution < 1.29 is 4.79 Å². The predicted molar refractivity (Wildman–Crippen MR) is 76.4 cm³/mol. The maximum absolute atomic E-state index is 11.9. The van der Waals surface area contributed by atoms with Crippen molar-refractivity contribution in [3.05, 3.63) is 47.2 Å². The van der Waals surface area contributed by atoms with Crippen LogP contribution in [0.4, 0.5) is 5.69 Å². The predicted octanol–water partition coefficient (Wildman–Crippen LogP) is 3.43. The Morgan fingerprint density at radius 2 is 2.32 bits per heavy atom. The van der Waals surface area contributed by atoms with Crippen LogP contribution in [0.2, 0.25) is 5.02 Å². The first-order valence-corrected chi connectivity index (χ1v) is 6.49. The maximum atomic E-state index is 11.9. The van der Waals surface area contributed by atoms with Gasteiger partial charge in [-0.25, -0.2) is 0 Å². The van der Waals surface area contributed by atoms with Gasteiger partial charge in [0.05, 0.1) is 16.8 Å². The Morgan fingerprint density at radius 1 is 1.53 bits per heavy atom. The van der Waals surface area contributed by atoms with E-state index in [1.54, 1.807) is 10.9 Å². The first kappa shape index (κ1) is 13.6. The highest BCUT2D eigenvalue weighted by atomic mass is 35.5. The van der Waals surface area contributed by atoms with Crippen molar-refractivity contribution in [3.8, 4) is 0 Å². The average Bonchev–Trinajstić information content (AvgIpc) is 2.86. The molecule has 0 saturated carbocycles. The van der Waals surface area contributed by atoms with Crippen LogP contribution in [-0.2, 0) is 4.79 Å². The zero-order chi connectivity index (χ0) is 13.8. The van der Waals surface area contributed by atoms with Crippen molar-refractivity contribution in [1.82, 2.24) is 9.78 Å². The molecule has 1 unspecified atom stereocenters. The van der Waals surface area contributed by atoms with E-state index < -0.39 is 0 Å². The standard InChI is InChI=1S/C14H16ClN3O/c1-10-4-5-13(12(15)8-10)17-14(19)9-11(2)18-7-3-6-16-18/h3-8,11H,9H2,1-2H3,(H,17,19). The van der Waals surface area contributed by atoms with E-state index in [9.17, 15) is 4.79 Å². The van der Waals surface area contributed by atoms with E-state index in [1.165, 1.54) is 0 Å². The summed E-state index contributed by atoms with van der Waals surface area (Å²) < 4.78 is 1.76. The molecular formula is C14H16ClN3O. The lowest BCUT2D eigenvalue weighted by Gasteiger charge is -2.13. The van der Waals surface area contributed by atoms with Gasteiger partial charge in [0.1, 0.15) is 0 Å². The van der Waals surface area contributed by atoms with Gasteiger partial charge < -0.3 is 5.32 Å². The third-order valence-corrected chi connectivity index (χ3v) is 3.17. The van der Waals surface area contributed by atoms with E-state index in [-0.39, 0.29) is 11.9 Å². The lowest BCUT2D eigenvalue weighted by molar-refractivity contribution is -0.116. The van der Waals surface area contributed by atoms with Crippen LogP contribution in [0.1, 0.15) is 24.9 Å². The first-order valence-electron chi connectivity index (χ1n) is 6.11. The van der Waals surface area contributed by atoms with Crippen LogP contribution in [0.15, 0.2) is 36.7 Å². The summed E-state index contributed by atoms with van der Waals surface area (Å²) in [6.45, 7) is 3.90. The van der Waals surface area contributed by atoms with Gasteiger partial charge in [-0.3, -0.25) is 9.48 Å². The van der Waals surface area contributed by atoms with E-state index in [1.807, 2.05) is 44.3 Å². The van der Waals surface area contributed by atoms with Crippen molar-refractivity contribution in [3.63, 3.8) is 0 Å². The van der Waals surface area contributed by atoms with Crippen LogP contribution >= 0.6 is 11.6 Å². The van der Waals surface area contributed by atoms with Gasteiger partial charge in [0, 0.05) is 18.8 Å². The second-order valence-corrected chi connectivity index (χ2v) is 4.98. The van der Waals surface area contributed by atoms with Crippen LogP contribution in [0.25, 0.3) is 0 Å². The molecule has 1 heterocycles. The number of benzene rings is 1. The lowest BCUT2D eigenvalue weighted by Crippen LogP contribution is -2.18. The van der Waals surface area contributed by atoms with Crippen LogP contribution in [0.3, 0.4) is 0 Å². The molecule has 5 heteroatoms. The Morgan fingerprint density at radius 3 is 2.95 bits per heavy atom. The molecule has 0 radical (unpaired) electrons. The molecule has 4 nitrogen and oxygen atoms in total. The Kier molecular flexibility index (Phi) is 4.22. The molecule has 0 aliphatic rings. The summed E-state index contributed by atoms with van der Waals surface area (Å²) >= 11 is 6.08. The van der Waals surface area contributed by atoms with Crippen molar-refractivity contribution in [2.24, 2.45) is 0 Å². The molecule has 0 aliphatic heterocycles. The third-order valence-electron chi connectivity index (χ3n) is 2.86. The number of halogens is 1. The Labute approximate surface area is 117 Å². The number of amides is 1. The minimum absolute atomic E-state index is 0.0132. The summed E-state index contributed by atoms with van der Waals surface area (Å²) in [5.41, 5.74) is 1.71. The summed E-state index contributed by atoms with van der Waals surface area (Å²) in [6, 6.07) is 7.41. The van der Waals surface area contributed by atoms with Crippen molar-refractivity contribution in [2.45, 2.75) is 26.3 Å². The van der Waals surface area contributed by atoms with Gasteiger partial charge in [0.2, 0.25) is 5.91 Å². The first-order chi connectivity index (χ1) is 9.06. The third kappa shape index (κ3) is 3.58. The Bertz CT molecular complexity index is 566. The largest absolute Gasteiger partial charge is 0.325 e. The summed E-state index contributed by atoms with van der Waals surface area (Å²) in [4.78, 5) is 11.9.